The first kappa shape index (κ1) is 20.6. The van der Waals surface area contributed by atoms with E-state index in [0.717, 1.165) is 63.1 Å². The van der Waals surface area contributed by atoms with Gasteiger partial charge in [0.1, 0.15) is 10.6 Å². The second kappa shape index (κ2) is 8.31. The van der Waals surface area contributed by atoms with Gasteiger partial charge < -0.3 is 9.80 Å². The first-order valence-electron chi connectivity index (χ1n) is 10.8. The molecule has 1 aliphatic rings. The number of nitrogens with zero attached hydrogens (tertiary/aromatic N) is 5. The molecule has 0 spiro atoms. The van der Waals surface area contributed by atoms with E-state index in [2.05, 4.69) is 20.9 Å². The summed E-state index contributed by atoms with van der Waals surface area (Å²) in [5.74, 6) is 1.99. The molecule has 0 saturated carbocycles. The lowest BCUT2D eigenvalue weighted by Gasteiger charge is -2.19. The van der Waals surface area contributed by atoms with Crippen molar-refractivity contribution >= 4 is 33.3 Å². The van der Waals surface area contributed by atoms with E-state index in [1.807, 2.05) is 49.4 Å². The molecule has 0 bridgehead atoms. The van der Waals surface area contributed by atoms with Gasteiger partial charge in [0, 0.05) is 62.0 Å². The number of carbonyl (C=O) groups is 1. The molecule has 1 amide bonds. The largest absolute Gasteiger partial charge is 0.356 e. The van der Waals surface area contributed by atoms with Gasteiger partial charge in [-0.1, -0.05) is 36.4 Å². The second-order valence-electron chi connectivity index (χ2n) is 8.39. The fraction of sp³-hybridized carbons (Fsp3) is 0.280. The first-order chi connectivity index (χ1) is 15.5. The van der Waals surface area contributed by atoms with Gasteiger partial charge in [0.05, 0.1) is 4.88 Å². The Balaban J connectivity index is 1.50. The number of hydrogen-bond donors (Lipinski definition) is 0. The fourth-order valence-corrected chi connectivity index (χ4v) is 5.60. The molecule has 7 heteroatoms. The number of aromatic nitrogens is 3. The molecule has 6 nitrogen and oxygen atoms in total. The van der Waals surface area contributed by atoms with Gasteiger partial charge in [-0.25, -0.2) is 15.0 Å². The summed E-state index contributed by atoms with van der Waals surface area (Å²) in [6.45, 7) is 3.72. The highest BCUT2D eigenvalue weighted by Gasteiger charge is 2.32. The van der Waals surface area contributed by atoms with Gasteiger partial charge in [-0.15, -0.1) is 11.3 Å². The van der Waals surface area contributed by atoms with E-state index >= 15 is 0 Å². The second-order valence-corrected chi connectivity index (χ2v) is 9.39. The van der Waals surface area contributed by atoms with Crippen LogP contribution in [0.25, 0.3) is 21.6 Å². The fourth-order valence-electron chi connectivity index (χ4n) is 4.35. The van der Waals surface area contributed by atoms with Crippen molar-refractivity contribution in [2.24, 2.45) is 0 Å². The SMILES string of the molecule is Cc1cc(N2CC[C@@H](c3c(C(=O)N(C)C)sc4ncccc34)C2)nc(-c2ccccc2)n1. The number of benzene rings is 1. The average molecular weight is 444 g/mol. The van der Waals surface area contributed by atoms with Crippen LogP contribution in [-0.2, 0) is 0 Å². The maximum Gasteiger partial charge on any atom is 0.263 e. The highest BCUT2D eigenvalue weighted by molar-refractivity contribution is 7.20. The van der Waals surface area contributed by atoms with Crippen molar-refractivity contribution in [3.63, 3.8) is 0 Å². The number of pyridine rings is 1. The molecule has 32 heavy (non-hydrogen) atoms. The summed E-state index contributed by atoms with van der Waals surface area (Å²) in [6, 6.07) is 16.2. The number of carbonyl (C=O) groups excluding carboxylic acids is 1. The van der Waals surface area contributed by atoms with Crippen molar-refractivity contribution in [1.29, 1.82) is 0 Å². The Kier molecular flexibility index (Phi) is 5.35. The van der Waals surface area contributed by atoms with Crippen LogP contribution in [-0.4, -0.2) is 52.9 Å². The van der Waals surface area contributed by atoms with Crippen LogP contribution in [0.1, 0.15) is 33.3 Å². The molecule has 0 radical (unpaired) electrons. The van der Waals surface area contributed by atoms with E-state index in [4.69, 9.17) is 4.98 Å². The lowest BCUT2D eigenvalue weighted by atomic mass is 9.95. The predicted molar refractivity (Wildman–Crippen MR) is 129 cm³/mol. The maximum atomic E-state index is 13.0. The van der Waals surface area contributed by atoms with E-state index in [1.54, 1.807) is 25.2 Å². The topological polar surface area (TPSA) is 62.2 Å². The number of anilines is 1. The van der Waals surface area contributed by atoms with Gasteiger partial charge >= 0.3 is 0 Å². The Bertz CT molecular complexity index is 1280. The van der Waals surface area contributed by atoms with Crippen molar-refractivity contribution in [2.75, 3.05) is 32.1 Å². The monoisotopic (exact) mass is 443 g/mol. The van der Waals surface area contributed by atoms with Crippen LogP contribution in [0, 0.1) is 6.92 Å². The molecule has 1 aromatic carbocycles. The summed E-state index contributed by atoms with van der Waals surface area (Å²) in [5.41, 5.74) is 3.10. The number of fused-ring (bicyclic) bond motifs is 1. The predicted octanol–water partition coefficient (Wildman–Crippen LogP) is 4.76. The van der Waals surface area contributed by atoms with Crippen molar-refractivity contribution in [2.45, 2.75) is 19.3 Å². The van der Waals surface area contributed by atoms with Gasteiger partial charge in [-0.3, -0.25) is 4.79 Å². The van der Waals surface area contributed by atoms with Crippen LogP contribution in [0.4, 0.5) is 5.82 Å². The lowest BCUT2D eigenvalue weighted by Crippen LogP contribution is -2.23. The molecule has 1 fully saturated rings. The zero-order chi connectivity index (χ0) is 22.2. The summed E-state index contributed by atoms with van der Waals surface area (Å²) in [5, 5.41) is 1.10. The molecule has 4 heterocycles. The number of thiophene rings is 1. The third-order valence-corrected chi connectivity index (χ3v) is 7.02. The molecular weight excluding hydrogens is 418 g/mol. The highest BCUT2D eigenvalue weighted by atomic mass is 32.1. The van der Waals surface area contributed by atoms with Gasteiger partial charge in [0.25, 0.3) is 5.91 Å². The number of hydrogen-bond acceptors (Lipinski definition) is 6. The van der Waals surface area contributed by atoms with Gasteiger partial charge in [-0.2, -0.15) is 0 Å². The summed E-state index contributed by atoms with van der Waals surface area (Å²) in [7, 11) is 3.61. The smallest absolute Gasteiger partial charge is 0.263 e. The van der Waals surface area contributed by atoms with Crippen LogP contribution in [0.15, 0.2) is 54.7 Å². The van der Waals surface area contributed by atoms with E-state index in [0.29, 0.717) is 0 Å². The van der Waals surface area contributed by atoms with Crippen molar-refractivity contribution < 1.29 is 4.79 Å². The van der Waals surface area contributed by atoms with Crippen LogP contribution in [0.2, 0.25) is 0 Å². The maximum absolute atomic E-state index is 13.0. The Morgan fingerprint density at radius 1 is 1.12 bits per heavy atom. The molecule has 5 rings (SSSR count). The molecule has 4 aromatic rings. The van der Waals surface area contributed by atoms with Gasteiger partial charge in [0.15, 0.2) is 5.82 Å². The Morgan fingerprint density at radius 2 is 1.94 bits per heavy atom. The number of rotatable bonds is 4. The van der Waals surface area contributed by atoms with Crippen LogP contribution < -0.4 is 4.90 Å². The summed E-state index contributed by atoms with van der Waals surface area (Å²) in [4.78, 5) is 32.7. The number of aryl methyl sites for hydroxylation is 1. The minimum atomic E-state index is 0.0469. The summed E-state index contributed by atoms with van der Waals surface area (Å²) >= 11 is 1.50. The van der Waals surface area contributed by atoms with Crippen LogP contribution in [0.3, 0.4) is 0 Å². The van der Waals surface area contributed by atoms with E-state index in [1.165, 1.54) is 11.3 Å². The Labute approximate surface area is 191 Å². The summed E-state index contributed by atoms with van der Waals surface area (Å²) in [6.07, 6.45) is 2.76. The van der Waals surface area contributed by atoms with E-state index in [-0.39, 0.29) is 11.8 Å². The molecular formula is C25H25N5OS. The van der Waals surface area contributed by atoms with Crippen molar-refractivity contribution in [3.05, 3.63) is 70.9 Å². The van der Waals surface area contributed by atoms with E-state index in [9.17, 15) is 4.79 Å². The van der Waals surface area contributed by atoms with Crippen LogP contribution >= 0.6 is 11.3 Å². The Hall–Kier alpha value is -3.32. The average Bonchev–Trinajstić information content (AvgIpc) is 3.43. The minimum Gasteiger partial charge on any atom is -0.356 e. The molecule has 1 aliphatic heterocycles. The quantitative estimate of drug-likeness (QED) is 0.455. The molecule has 0 N–H and O–H groups in total. The third kappa shape index (κ3) is 3.73. The normalized spacial score (nSPS) is 16.0. The van der Waals surface area contributed by atoms with Crippen molar-refractivity contribution in [1.82, 2.24) is 19.9 Å². The zero-order valence-electron chi connectivity index (χ0n) is 18.4. The van der Waals surface area contributed by atoms with Crippen molar-refractivity contribution in [3.8, 4) is 11.4 Å². The summed E-state index contributed by atoms with van der Waals surface area (Å²) < 4.78 is 0. The van der Waals surface area contributed by atoms with E-state index < -0.39 is 0 Å². The molecule has 162 valence electrons. The zero-order valence-corrected chi connectivity index (χ0v) is 19.3. The molecule has 1 saturated heterocycles. The standard InChI is InChI=1S/C25H25N5OS/c1-16-14-20(28-23(27-16)17-8-5-4-6-9-17)30-13-11-18(15-30)21-19-10-7-12-26-24(19)32-22(21)25(31)29(2)3/h4-10,12,14,18H,11,13,15H2,1-3H3/t18-/m1/s1. The third-order valence-electron chi connectivity index (χ3n) is 5.90. The molecule has 1 atom stereocenters. The first-order valence-corrected chi connectivity index (χ1v) is 11.6. The van der Waals surface area contributed by atoms with Gasteiger partial charge in [0.2, 0.25) is 0 Å². The van der Waals surface area contributed by atoms with Crippen LogP contribution in [0.5, 0.6) is 0 Å². The molecule has 0 aliphatic carbocycles. The molecule has 0 unspecified atom stereocenters. The highest BCUT2D eigenvalue weighted by Crippen LogP contribution is 2.40. The minimum absolute atomic E-state index is 0.0469. The van der Waals surface area contributed by atoms with Gasteiger partial charge in [-0.05, 0) is 25.0 Å². The number of amides is 1. The lowest BCUT2D eigenvalue weighted by molar-refractivity contribution is 0.0831. The Morgan fingerprint density at radius 3 is 2.72 bits per heavy atom. The molecule has 3 aromatic heterocycles.